The van der Waals surface area contributed by atoms with Crippen LogP contribution in [0.5, 0.6) is 17.2 Å². The van der Waals surface area contributed by atoms with E-state index in [0.717, 1.165) is 22.3 Å². The molecular weight excluding hydrogens is 648 g/mol. The van der Waals surface area contributed by atoms with Crippen LogP contribution in [0, 0.1) is 0 Å². The third kappa shape index (κ3) is 9.46. The molecule has 0 saturated heterocycles. The Morgan fingerprint density at radius 3 is 2.08 bits per heavy atom. The SMILES string of the molecule is COc1cc(CNC(=O)[C@]2(CCC(=O)OC(C)(C)C)N=C(c3ccc(OCCCO)cc3)O[C@@H]2c2ccc(-c3ccccc3)cc2)cc(OC)c1. The van der Waals surface area contributed by atoms with E-state index in [1.807, 2.05) is 78.9 Å². The molecule has 1 heterocycles. The molecule has 0 radical (unpaired) electrons. The van der Waals surface area contributed by atoms with E-state index < -0.39 is 29.1 Å². The molecule has 10 heteroatoms. The molecule has 0 fully saturated rings. The number of hydrogen-bond acceptors (Lipinski definition) is 9. The minimum absolute atomic E-state index is 0.0200. The molecule has 51 heavy (non-hydrogen) atoms. The number of aliphatic imine (C=N–C) groups is 1. The maximum atomic E-state index is 14.6. The van der Waals surface area contributed by atoms with E-state index in [9.17, 15) is 9.59 Å². The van der Waals surface area contributed by atoms with E-state index >= 15 is 0 Å². The lowest BCUT2D eigenvalue weighted by Crippen LogP contribution is -2.48. The van der Waals surface area contributed by atoms with E-state index in [1.54, 1.807) is 53.2 Å². The van der Waals surface area contributed by atoms with Crippen molar-refractivity contribution in [2.24, 2.45) is 4.99 Å². The Hall–Kier alpha value is -5.35. The first kappa shape index (κ1) is 36.9. The number of ether oxygens (including phenoxy) is 5. The summed E-state index contributed by atoms with van der Waals surface area (Å²) in [5.41, 5.74) is 1.93. The predicted molar refractivity (Wildman–Crippen MR) is 195 cm³/mol. The summed E-state index contributed by atoms with van der Waals surface area (Å²) < 4.78 is 28.9. The summed E-state index contributed by atoms with van der Waals surface area (Å²) in [6, 6.07) is 30.5. The van der Waals surface area contributed by atoms with Gasteiger partial charge in [0, 0.05) is 37.6 Å². The summed E-state index contributed by atoms with van der Waals surface area (Å²) in [6.45, 7) is 5.97. The van der Waals surface area contributed by atoms with Crippen LogP contribution in [0.25, 0.3) is 11.1 Å². The Balaban J connectivity index is 1.54. The molecule has 4 aromatic rings. The van der Waals surface area contributed by atoms with Gasteiger partial charge in [-0.2, -0.15) is 0 Å². The van der Waals surface area contributed by atoms with Crippen LogP contribution >= 0.6 is 0 Å². The Bertz CT molecular complexity index is 1780. The van der Waals surface area contributed by atoms with Crippen LogP contribution in [-0.4, -0.2) is 61.5 Å². The van der Waals surface area contributed by atoms with Gasteiger partial charge in [0.1, 0.15) is 22.8 Å². The van der Waals surface area contributed by atoms with E-state index in [1.165, 1.54) is 0 Å². The summed E-state index contributed by atoms with van der Waals surface area (Å²) in [5.74, 6) is 1.20. The minimum atomic E-state index is -1.54. The Morgan fingerprint density at radius 2 is 1.47 bits per heavy atom. The average molecular weight is 695 g/mol. The molecule has 2 N–H and O–H groups in total. The predicted octanol–water partition coefficient (Wildman–Crippen LogP) is 6.83. The summed E-state index contributed by atoms with van der Waals surface area (Å²) in [4.78, 5) is 32.8. The van der Waals surface area contributed by atoms with Gasteiger partial charge in [0.05, 0.1) is 20.8 Å². The van der Waals surface area contributed by atoms with Gasteiger partial charge in [-0.05, 0) is 85.8 Å². The number of methoxy groups -OCH3 is 2. The quantitative estimate of drug-likeness (QED) is 0.103. The number of nitrogens with one attached hydrogen (secondary N) is 1. The molecule has 1 aliphatic heterocycles. The number of amides is 1. The zero-order chi connectivity index (χ0) is 36.4. The number of rotatable bonds is 15. The second-order valence-electron chi connectivity index (χ2n) is 13.3. The van der Waals surface area contributed by atoms with Crippen LogP contribution in [0.15, 0.2) is 102 Å². The van der Waals surface area contributed by atoms with Crippen LogP contribution in [-0.2, 0) is 25.6 Å². The average Bonchev–Trinajstić information content (AvgIpc) is 3.54. The smallest absolute Gasteiger partial charge is 0.306 e. The standard InChI is InChI=1S/C41H46N2O8/c1-40(2,3)51-36(45)20-21-41(39(46)42-27-28-24-34(47-4)26-35(25-28)48-5)37(31-14-12-30(13-15-31)29-10-7-6-8-11-29)50-38(43-41)32-16-18-33(19-17-32)49-23-9-22-44/h6-8,10-19,24-26,37,44H,9,20-23,27H2,1-5H3,(H,42,46)/t37-,41-/m1/s1. The van der Waals surface area contributed by atoms with Crippen LogP contribution in [0.1, 0.15) is 62.8 Å². The molecule has 10 nitrogen and oxygen atoms in total. The van der Waals surface area contributed by atoms with Crippen LogP contribution in [0.3, 0.4) is 0 Å². The fourth-order valence-corrected chi connectivity index (χ4v) is 5.84. The van der Waals surface area contributed by atoms with Gasteiger partial charge in [-0.3, -0.25) is 9.59 Å². The van der Waals surface area contributed by atoms with Gasteiger partial charge in [-0.25, -0.2) is 4.99 Å². The van der Waals surface area contributed by atoms with Gasteiger partial charge < -0.3 is 34.1 Å². The second kappa shape index (κ2) is 16.6. The van der Waals surface area contributed by atoms with Gasteiger partial charge >= 0.3 is 5.97 Å². The molecule has 0 unspecified atom stereocenters. The molecule has 4 aromatic carbocycles. The fraction of sp³-hybridized carbons (Fsp3) is 0.341. The molecule has 0 spiro atoms. The first-order valence-electron chi connectivity index (χ1n) is 17.0. The van der Waals surface area contributed by atoms with Crippen LogP contribution in [0.2, 0.25) is 0 Å². The maximum Gasteiger partial charge on any atom is 0.306 e. The van der Waals surface area contributed by atoms with Crippen molar-refractivity contribution in [2.75, 3.05) is 27.4 Å². The molecule has 2 atom stereocenters. The highest BCUT2D eigenvalue weighted by Crippen LogP contribution is 2.44. The van der Waals surface area contributed by atoms with Crippen molar-refractivity contribution in [1.82, 2.24) is 5.32 Å². The number of nitrogens with zero attached hydrogens (tertiary/aromatic N) is 1. The maximum absolute atomic E-state index is 14.6. The topological polar surface area (TPSA) is 125 Å². The number of esters is 1. The minimum Gasteiger partial charge on any atom is -0.497 e. The third-order valence-electron chi connectivity index (χ3n) is 8.35. The number of benzene rings is 4. The largest absolute Gasteiger partial charge is 0.497 e. The second-order valence-corrected chi connectivity index (χ2v) is 13.3. The molecule has 268 valence electrons. The fourth-order valence-electron chi connectivity index (χ4n) is 5.84. The lowest BCUT2D eigenvalue weighted by atomic mass is 9.83. The van der Waals surface area contributed by atoms with Crippen LogP contribution in [0.4, 0.5) is 0 Å². The van der Waals surface area contributed by atoms with Gasteiger partial charge in [0.2, 0.25) is 5.90 Å². The summed E-state index contributed by atoms with van der Waals surface area (Å²) >= 11 is 0. The highest BCUT2D eigenvalue weighted by atomic mass is 16.6. The van der Waals surface area contributed by atoms with Crippen molar-refractivity contribution < 1.29 is 38.4 Å². The normalized spacial score (nSPS) is 16.8. The highest BCUT2D eigenvalue weighted by Gasteiger charge is 2.53. The Labute approximate surface area is 299 Å². The van der Waals surface area contributed by atoms with Crippen LogP contribution < -0.4 is 19.5 Å². The lowest BCUT2D eigenvalue weighted by molar-refractivity contribution is -0.155. The van der Waals surface area contributed by atoms with Crippen molar-refractivity contribution in [3.8, 4) is 28.4 Å². The zero-order valence-electron chi connectivity index (χ0n) is 29.8. The van der Waals surface area contributed by atoms with E-state index in [0.29, 0.717) is 35.8 Å². The molecule has 0 aliphatic carbocycles. The Morgan fingerprint density at radius 1 is 0.843 bits per heavy atom. The molecule has 0 aromatic heterocycles. The molecule has 1 amide bonds. The van der Waals surface area contributed by atoms with Gasteiger partial charge in [0.25, 0.3) is 5.91 Å². The van der Waals surface area contributed by atoms with Crippen molar-refractivity contribution >= 4 is 17.8 Å². The number of aliphatic hydroxyl groups is 1. The summed E-state index contributed by atoms with van der Waals surface area (Å²) in [7, 11) is 3.13. The molecule has 1 aliphatic rings. The first-order valence-corrected chi connectivity index (χ1v) is 17.0. The van der Waals surface area contributed by atoms with Crippen molar-refractivity contribution in [2.45, 2.75) is 63.8 Å². The lowest BCUT2D eigenvalue weighted by Gasteiger charge is -2.31. The first-order chi connectivity index (χ1) is 24.5. The van der Waals surface area contributed by atoms with E-state index in [4.69, 9.17) is 33.8 Å². The molecule has 0 bridgehead atoms. The molecular formula is C41H46N2O8. The van der Waals surface area contributed by atoms with Crippen molar-refractivity contribution in [1.29, 1.82) is 0 Å². The van der Waals surface area contributed by atoms with E-state index in [2.05, 4.69) is 5.32 Å². The van der Waals surface area contributed by atoms with Crippen molar-refractivity contribution in [3.05, 3.63) is 114 Å². The molecule has 0 saturated carbocycles. The van der Waals surface area contributed by atoms with E-state index in [-0.39, 0.29) is 31.9 Å². The summed E-state index contributed by atoms with van der Waals surface area (Å²) in [5, 5.41) is 12.2. The number of carbonyl (C=O) groups is 2. The van der Waals surface area contributed by atoms with Gasteiger partial charge in [0.15, 0.2) is 11.6 Å². The number of carbonyl (C=O) groups excluding carboxylic acids is 2. The van der Waals surface area contributed by atoms with Crippen molar-refractivity contribution in [3.63, 3.8) is 0 Å². The van der Waals surface area contributed by atoms with Gasteiger partial charge in [-0.1, -0.05) is 54.6 Å². The zero-order valence-corrected chi connectivity index (χ0v) is 29.8. The Kier molecular flexibility index (Phi) is 12.0. The number of aliphatic hydroxyl groups excluding tert-OH is 1. The van der Waals surface area contributed by atoms with Gasteiger partial charge in [-0.15, -0.1) is 0 Å². The monoisotopic (exact) mass is 694 g/mol. The third-order valence-corrected chi connectivity index (χ3v) is 8.35. The molecule has 5 rings (SSSR count). The highest BCUT2D eigenvalue weighted by molar-refractivity contribution is 6.01. The summed E-state index contributed by atoms with van der Waals surface area (Å²) in [6.07, 6.45) is -0.416. The number of hydrogen-bond donors (Lipinski definition) is 2.